The number of hydrogen-bond donors (Lipinski definition) is 1. The van der Waals surface area contributed by atoms with Crippen molar-refractivity contribution in [2.24, 2.45) is 0 Å². The van der Waals surface area contributed by atoms with E-state index in [1.54, 1.807) is 11.3 Å². The Balaban J connectivity index is 1.70. The Morgan fingerprint density at radius 3 is 3.00 bits per heavy atom. The number of rotatable bonds is 5. The lowest BCUT2D eigenvalue weighted by molar-refractivity contribution is 0.664. The molecule has 0 aromatic carbocycles. The second-order valence-electron chi connectivity index (χ2n) is 3.62. The molecule has 2 rings (SSSR count). The van der Waals surface area contributed by atoms with Gasteiger partial charge in [0.05, 0.1) is 0 Å². The normalized spacial score (nSPS) is 18.8. The van der Waals surface area contributed by atoms with Crippen LogP contribution in [0, 0.1) is 0 Å². The van der Waals surface area contributed by atoms with Gasteiger partial charge in [-0.05, 0) is 41.5 Å². The van der Waals surface area contributed by atoms with Gasteiger partial charge < -0.3 is 5.32 Å². The van der Waals surface area contributed by atoms with Crippen LogP contribution in [0.4, 0.5) is 0 Å². The second-order valence-corrected chi connectivity index (χ2v) is 5.68. The lowest BCUT2D eigenvalue weighted by Gasteiger charge is -2.12. The molecule has 1 fully saturated rings. The summed E-state index contributed by atoms with van der Waals surface area (Å²) in [6.45, 7) is 2.20. The van der Waals surface area contributed by atoms with E-state index in [-0.39, 0.29) is 0 Å². The summed E-state index contributed by atoms with van der Waals surface area (Å²) in [6.07, 6.45) is 5.01. The van der Waals surface area contributed by atoms with Crippen molar-refractivity contribution in [3.8, 4) is 0 Å². The third-order valence-electron chi connectivity index (χ3n) is 2.60. The molecule has 0 unspecified atom stereocenters. The first-order chi connectivity index (χ1) is 6.35. The molecule has 0 radical (unpaired) electrons. The third-order valence-corrected chi connectivity index (χ3v) is 4.75. The molecule has 1 aromatic heterocycles. The largest absolute Gasteiger partial charge is 0.311 e. The van der Waals surface area contributed by atoms with Gasteiger partial charge in [-0.15, -0.1) is 0 Å². The standard InChI is InChI=1S/C10H15NS2/c1-12-10(3-4-10)8-11-6-9-2-5-13-7-9/h2,5,7,11H,3-4,6,8H2,1H3. The lowest BCUT2D eigenvalue weighted by Crippen LogP contribution is -2.25. The minimum absolute atomic E-state index is 0.593. The van der Waals surface area contributed by atoms with Crippen LogP contribution in [0.15, 0.2) is 16.8 Å². The number of thiophene rings is 1. The van der Waals surface area contributed by atoms with Crippen LogP contribution in [0.25, 0.3) is 0 Å². The molecule has 0 saturated heterocycles. The molecule has 0 bridgehead atoms. The fourth-order valence-electron chi connectivity index (χ4n) is 1.42. The quantitative estimate of drug-likeness (QED) is 0.807. The molecule has 0 spiro atoms. The molecule has 1 aliphatic carbocycles. The summed E-state index contributed by atoms with van der Waals surface area (Å²) in [5, 5.41) is 7.88. The van der Waals surface area contributed by atoms with Crippen LogP contribution >= 0.6 is 23.1 Å². The molecule has 13 heavy (non-hydrogen) atoms. The molecule has 1 saturated carbocycles. The van der Waals surface area contributed by atoms with E-state index in [2.05, 4.69) is 28.4 Å². The van der Waals surface area contributed by atoms with Gasteiger partial charge in [0.25, 0.3) is 0 Å². The Morgan fingerprint density at radius 2 is 2.46 bits per heavy atom. The van der Waals surface area contributed by atoms with Gasteiger partial charge in [-0.2, -0.15) is 23.1 Å². The third kappa shape index (κ3) is 2.48. The predicted molar refractivity (Wildman–Crippen MR) is 61.5 cm³/mol. The van der Waals surface area contributed by atoms with E-state index in [0.29, 0.717) is 4.75 Å². The molecule has 1 nitrogen and oxygen atoms in total. The maximum Gasteiger partial charge on any atom is 0.0282 e. The Morgan fingerprint density at radius 1 is 1.62 bits per heavy atom. The SMILES string of the molecule is CSC1(CNCc2ccsc2)CC1. The van der Waals surface area contributed by atoms with Crippen molar-refractivity contribution in [2.45, 2.75) is 24.1 Å². The maximum absolute atomic E-state index is 3.53. The van der Waals surface area contributed by atoms with Crippen LogP contribution in [0.1, 0.15) is 18.4 Å². The first-order valence-corrected chi connectivity index (χ1v) is 6.78. The second kappa shape index (κ2) is 4.03. The zero-order chi connectivity index (χ0) is 9.15. The molecule has 1 aromatic rings. The molecule has 0 amide bonds. The summed E-state index contributed by atoms with van der Waals surface area (Å²) in [4.78, 5) is 0. The summed E-state index contributed by atoms with van der Waals surface area (Å²) in [5.74, 6) is 0. The van der Waals surface area contributed by atoms with Crippen molar-refractivity contribution >= 4 is 23.1 Å². The van der Waals surface area contributed by atoms with Gasteiger partial charge in [0, 0.05) is 17.8 Å². The maximum atomic E-state index is 3.53. The first-order valence-electron chi connectivity index (χ1n) is 4.62. The smallest absolute Gasteiger partial charge is 0.0282 e. The van der Waals surface area contributed by atoms with E-state index in [4.69, 9.17) is 0 Å². The van der Waals surface area contributed by atoms with Crippen molar-refractivity contribution in [3.05, 3.63) is 22.4 Å². The average Bonchev–Trinajstić information content (AvgIpc) is 2.74. The summed E-state index contributed by atoms with van der Waals surface area (Å²) in [5.41, 5.74) is 1.42. The first kappa shape index (κ1) is 9.56. The molecular weight excluding hydrogens is 198 g/mol. The van der Waals surface area contributed by atoms with E-state index in [1.807, 2.05) is 11.8 Å². The summed E-state index contributed by atoms with van der Waals surface area (Å²) in [7, 11) is 0. The minimum atomic E-state index is 0.593. The van der Waals surface area contributed by atoms with Gasteiger partial charge in [-0.3, -0.25) is 0 Å². The fourth-order valence-corrected chi connectivity index (χ4v) is 2.85. The topological polar surface area (TPSA) is 12.0 Å². The Kier molecular flexibility index (Phi) is 2.96. The minimum Gasteiger partial charge on any atom is -0.311 e. The van der Waals surface area contributed by atoms with E-state index >= 15 is 0 Å². The number of nitrogens with one attached hydrogen (secondary N) is 1. The van der Waals surface area contributed by atoms with Crippen LogP contribution in [-0.4, -0.2) is 17.5 Å². The zero-order valence-corrected chi connectivity index (χ0v) is 9.51. The van der Waals surface area contributed by atoms with Crippen molar-refractivity contribution < 1.29 is 0 Å². The molecule has 1 N–H and O–H groups in total. The van der Waals surface area contributed by atoms with Gasteiger partial charge in [0.15, 0.2) is 0 Å². The average molecular weight is 213 g/mol. The summed E-state index contributed by atoms with van der Waals surface area (Å²) >= 11 is 3.79. The van der Waals surface area contributed by atoms with Crippen LogP contribution in [0.2, 0.25) is 0 Å². The molecule has 1 heterocycles. The van der Waals surface area contributed by atoms with Crippen LogP contribution < -0.4 is 5.32 Å². The highest BCUT2D eigenvalue weighted by atomic mass is 32.2. The lowest BCUT2D eigenvalue weighted by atomic mass is 10.3. The van der Waals surface area contributed by atoms with Crippen molar-refractivity contribution in [3.63, 3.8) is 0 Å². The molecule has 0 atom stereocenters. The zero-order valence-electron chi connectivity index (χ0n) is 7.88. The molecule has 1 aliphatic rings. The Hall–Kier alpha value is 0.01000. The van der Waals surface area contributed by atoms with Crippen LogP contribution in [0.5, 0.6) is 0 Å². The molecular formula is C10H15NS2. The Bertz CT molecular complexity index is 252. The summed E-state index contributed by atoms with van der Waals surface area (Å²) in [6, 6.07) is 2.19. The van der Waals surface area contributed by atoms with E-state index in [9.17, 15) is 0 Å². The van der Waals surface area contributed by atoms with Gasteiger partial charge in [-0.1, -0.05) is 0 Å². The predicted octanol–water partition coefficient (Wildman–Crippen LogP) is 2.73. The summed E-state index contributed by atoms with van der Waals surface area (Å²) < 4.78 is 0.593. The molecule has 3 heteroatoms. The van der Waals surface area contributed by atoms with Gasteiger partial charge >= 0.3 is 0 Å². The monoisotopic (exact) mass is 213 g/mol. The number of hydrogen-bond acceptors (Lipinski definition) is 3. The van der Waals surface area contributed by atoms with Crippen LogP contribution in [0.3, 0.4) is 0 Å². The van der Waals surface area contributed by atoms with E-state index < -0.39 is 0 Å². The van der Waals surface area contributed by atoms with Crippen molar-refractivity contribution in [2.75, 3.05) is 12.8 Å². The van der Waals surface area contributed by atoms with E-state index in [0.717, 1.165) is 6.54 Å². The van der Waals surface area contributed by atoms with Gasteiger partial charge in [0.2, 0.25) is 0 Å². The highest BCUT2D eigenvalue weighted by Gasteiger charge is 2.41. The fraction of sp³-hybridized carbons (Fsp3) is 0.600. The highest BCUT2D eigenvalue weighted by molar-refractivity contribution is 8.00. The molecule has 72 valence electrons. The van der Waals surface area contributed by atoms with Gasteiger partial charge in [-0.25, -0.2) is 0 Å². The Labute approximate surface area is 87.9 Å². The van der Waals surface area contributed by atoms with Gasteiger partial charge in [0.1, 0.15) is 0 Å². The van der Waals surface area contributed by atoms with Crippen molar-refractivity contribution in [1.29, 1.82) is 0 Å². The van der Waals surface area contributed by atoms with Crippen LogP contribution in [-0.2, 0) is 6.54 Å². The number of thioether (sulfide) groups is 1. The van der Waals surface area contributed by atoms with Crippen molar-refractivity contribution in [1.82, 2.24) is 5.32 Å². The molecule has 0 aliphatic heterocycles. The van der Waals surface area contributed by atoms with E-state index in [1.165, 1.54) is 24.9 Å². The highest BCUT2D eigenvalue weighted by Crippen LogP contribution is 2.46.